The Labute approximate surface area is 190 Å². The summed E-state index contributed by atoms with van der Waals surface area (Å²) < 4.78 is 0. The number of halogens is 2. The predicted molar refractivity (Wildman–Crippen MR) is 123 cm³/mol. The van der Waals surface area contributed by atoms with Crippen LogP contribution in [0.15, 0.2) is 48.5 Å². The molecule has 0 atom stereocenters. The SMILES string of the molecule is CC(C)(C(=O)O)c1cccc(-c2cc(NCCc3ccc(Cl)cc3Cl)nc(CO)n2)c1. The van der Waals surface area contributed by atoms with Gasteiger partial charge in [-0.1, -0.05) is 47.5 Å². The second kappa shape index (κ2) is 9.64. The lowest BCUT2D eigenvalue weighted by Crippen LogP contribution is -2.28. The average molecular weight is 460 g/mol. The number of aliphatic hydroxyl groups excluding tert-OH is 1. The van der Waals surface area contributed by atoms with Crippen molar-refractivity contribution in [1.82, 2.24) is 9.97 Å². The number of aromatic nitrogens is 2. The third-order valence-electron chi connectivity index (χ3n) is 5.04. The van der Waals surface area contributed by atoms with Crippen LogP contribution < -0.4 is 5.32 Å². The third-order valence-corrected chi connectivity index (χ3v) is 5.63. The monoisotopic (exact) mass is 459 g/mol. The van der Waals surface area contributed by atoms with E-state index in [1.807, 2.05) is 12.1 Å². The fourth-order valence-electron chi connectivity index (χ4n) is 3.05. The molecule has 3 N–H and O–H groups in total. The van der Waals surface area contributed by atoms with Gasteiger partial charge in [0.15, 0.2) is 5.82 Å². The molecule has 1 heterocycles. The van der Waals surface area contributed by atoms with Crippen LogP contribution >= 0.6 is 23.2 Å². The van der Waals surface area contributed by atoms with E-state index in [4.69, 9.17) is 23.2 Å². The van der Waals surface area contributed by atoms with Crippen molar-refractivity contribution in [2.75, 3.05) is 11.9 Å². The van der Waals surface area contributed by atoms with Crippen molar-refractivity contribution < 1.29 is 15.0 Å². The summed E-state index contributed by atoms with van der Waals surface area (Å²) in [6.07, 6.45) is 0.659. The van der Waals surface area contributed by atoms with Gasteiger partial charge in [0.05, 0.1) is 11.1 Å². The topological polar surface area (TPSA) is 95.3 Å². The molecule has 0 aliphatic carbocycles. The molecule has 3 rings (SSSR count). The molecule has 1 aromatic heterocycles. The molecule has 2 aromatic carbocycles. The van der Waals surface area contributed by atoms with Crippen molar-refractivity contribution in [3.8, 4) is 11.3 Å². The van der Waals surface area contributed by atoms with E-state index in [0.29, 0.717) is 40.1 Å². The summed E-state index contributed by atoms with van der Waals surface area (Å²) in [6, 6.07) is 14.4. The summed E-state index contributed by atoms with van der Waals surface area (Å²) in [7, 11) is 0. The van der Waals surface area contributed by atoms with Gasteiger partial charge in [-0.2, -0.15) is 0 Å². The fourth-order valence-corrected chi connectivity index (χ4v) is 3.55. The minimum Gasteiger partial charge on any atom is -0.481 e. The molecule has 0 unspecified atom stereocenters. The lowest BCUT2D eigenvalue weighted by molar-refractivity contribution is -0.142. The molecule has 8 heteroatoms. The van der Waals surface area contributed by atoms with E-state index in [1.54, 1.807) is 50.2 Å². The normalized spacial score (nSPS) is 11.4. The summed E-state index contributed by atoms with van der Waals surface area (Å²) in [4.78, 5) is 20.3. The molecule has 0 radical (unpaired) electrons. The largest absolute Gasteiger partial charge is 0.481 e. The van der Waals surface area contributed by atoms with Crippen molar-refractivity contribution in [3.63, 3.8) is 0 Å². The molecule has 0 aliphatic rings. The van der Waals surface area contributed by atoms with Crippen molar-refractivity contribution in [2.24, 2.45) is 0 Å². The lowest BCUT2D eigenvalue weighted by atomic mass is 9.84. The summed E-state index contributed by atoms with van der Waals surface area (Å²) in [6.45, 7) is 3.56. The van der Waals surface area contributed by atoms with Crippen molar-refractivity contribution in [3.05, 3.63) is 75.5 Å². The van der Waals surface area contributed by atoms with Crippen molar-refractivity contribution >= 4 is 35.0 Å². The van der Waals surface area contributed by atoms with Gasteiger partial charge in [0.25, 0.3) is 0 Å². The van der Waals surface area contributed by atoms with Crippen LogP contribution in [0.3, 0.4) is 0 Å². The molecular formula is C23H23Cl2N3O3. The zero-order chi connectivity index (χ0) is 22.6. The zero-order valence-corrected chi connectivity index (χ0v) is 18.7. The molecule has 0 amide bonds. The molecule has 0 spiro atoms. The predicted octanol–water partition coefficient (Wildman–Crippen LogP) is 4.96. The van der Waals surface area contributed by atoms with Gasteiger partial charge in [-0.05, 0) is 49.6 Å². The first-order chi connectivity index (χ1) is 14.7. The van der Waals surface area contributed by atoms with Gasteiger partial charge >= 0.3 is 5.97 Å². The molecule has 31 heavy (non-hydrogen) atoms. The second-order valence-electron chi connectivity index (χ2n) is 7.64. The number of rotatable bonds is 8. The van der Waals surface area contributed by atoms with Crippen molar-refractivity contribution in [2.45, 2.75) is 32.3 Å². The van der Waals surface area contributed by atoms with Crippen molar-refractivity contribution in [1.29, 1.82) is 0 Å². The Balaban J connectivity index is 1.83. The number of carboxylic acid groups (broad SMARTS) is 1. The highest BCUT2D eigenvalue weighted by molar-refractivity contribution is 6.35. The molecule has 0 bridgehead atoms. The summed E-state index contributed by atoms with van der Waals surface area (Å²) in [5, 5.41) is 23.5. The van der Waals surface area contributed by atoms with E-state index in [0.717, 1.165) is 11.1 Å². The van der Waals surface area contributed by atoms with Crippen LogP contribution in [0.1, 0.15) is 30.8 Å². The Kier molecular flexibility index (Phi) is 7.15. The van der Waals surface area contributed by atoms with Gasteiger partial charge in [0.2, 0.25) is 0 Å². The number of hydrogen-bond acceptors (Lipinski definition) is 5. The van der Waals surface area contributed by atoms with Crippen LogP contribution in [-0.4, -0.2) is 32.7 Å². The molecule has 0 saturated heterocycles. The number of aliphatic carboxylic acids is 1. The summed E-state index contributed by atoms with van der Waals surface area (Å²) in [5.41, 5.74) is 1.91. The van der Waals surface area contributed by atoms with Gasteiger partial charge in [-0.3, -0.25) is 4.79 Å². The maximum atomic E-state index is 11.6. The van der Waals surface area contributed by atoms with E-state index in [-0.39, 0.29) is 12.4 Å². The van der Waals surface area contributed by atoms with Crippen LogP contribution in [0.5, 0.6) is 0 Å². The number of benzene rings is 2. The number of aliphatic hydroxyl groups is 1. The highest BCUT2D eigenvalue weighted by Gasteiger charge is 2.29. The van der Waals surface area contributed by atoms with Gasteiger partial charge in [0.1, 0.15) is 12.4 Å². The molecule has 0 fully saturated rings. The van der Waals surface area contributed by atoms with Crippen LogP contribution in [0, 0.1) is 0 Å². The molecular weight excluding hydrogens is 437 g/mol. The fraction of sp³-hybridized carbons (Fsp3) is 0.261. The Morgan fingerprint density at radius 1 is 1.10 bits per heavy atom. The number of nitrogens with zero attached hydrogens (tertiary/aromatic N) is 2. The Hall–Kier alpha value is -2.67. The average Bonchev–Trinajstić information content (AvgIpc) is 2.75. The summed E-state index contributed by atoms with van der Waals surface area (Å²) in [5.74, 6) is -0.0824. The third kappa shape index (κ3) is 5.53. The molecule has 162 valence electrons. The quantitative estimate of drug-likeness (QED) is 0.440. The molecule has 0 saturated carbocycles. The van der Waals surface area contributed by atoms with E-state index < -0.39 is 11.4 Å². The lowest BCUT2D eigenvalue weighted by Gasteiger charge is -2.20. The van der Waals surface area contributed by atoms with Gasteiger partial charge in [-0.25, -0.2) is 9.97 Å². The minimum atomic E-state index is -1.04. The number of carboxylic acids is 1. The molecule has 6 nitrogen and oxygen atoms in total. The zero-order valence-electron chi connectivity index (χ0n) is 17.2. The van der Waals surface area contributed by atoms with E-state index in [1.165, 1.54) is 0 Å². The van der Waals surface area contributed by atoms with Gasteiger partial charge in [0, 0.05) is 28.2 Å². The maximum absolute atomic E-state index is 11.6. The highest BCUT2D eigenvalue weighted by atomic mass is 35.5. The number of anilines is 1. The summed E-state index contributed by atoms with van der Waals surface area (Å²) >= 11 is 12.2. The van der Waals surface area contributed by atoms with Crippen LogP contribution in [-0.2, 0) is 23.2 Å². The second-order valence-corrected chi connectivity index (χ2v) is 8.48. The minimum absolute atomic E-state index is 0.271. The van der Waals surface area contributed by atoms with Crippen LogP contribution in [0.25, 0.3) is 11.3 Å². The Morgan fingerprint density at radius 3 is 2.55 bits per heavy atom. The number of nitrogens with one attached hydrogen (secondary N) is 1. The first-order valence-corrected chi connectivity index (χ1v) is 10.5. The first kappa shape index (κ1) is 23.0. The van der Waals surface area contributed by atoms with Gasteiger partial charge in [-0.15, -0.1) is 0 Å². The van der Waals surface area contributed by atoms with E-state index in [9.17, 15) is 15.0 Å². The molecule has 3 aromatic rings. The maximum Gasteiger partial charge on any atom is 0.313 e. The highest BCUT2D eigenvalue weighted by Crippen LogP contribution is 2.28. The standard InChI is InChI=1S/C23H23Cl2N3O3/c1-23(2,22(30)31)16-5-3-4-15(10-16)19-12-20(28-21(13-29)27-19)26-9-8-14-6-7-17(24)11-18(14)25/h3-7,10-12,29H,8-9,13H2,1-2H3,(H,30,31)(H,26,27,28). The van der Waals surface area contributed by atoms with E-state index in [2.05, 4.69) is 15.3 Å². The Bertz CT molecular complexity index is 1100. The number of carbonyl (C=O) groups is 1. The first-order valence-electron chi connectivity index (χ1n) is 9.71. The van der Waals surface area contributed by atoms with Gasteiger partial charge < -0.3 is 15.5 Å². The van der Waals surface area contributed by atoms with Crippen LogP contribution in [0.4, 0.5) is 5.82 Å². The van der Waals surface area contributed by atoms with E-state index >= 15 is 0 Å². The Morgan fingerprint density at radius 2 is 1.87 bits per heavy atom. The molecule has 0 aliphatic heterocycles. The number of hydrogen-bond donors (Lipinski definition) is 3. The smallest absolute Gasteiger partial charge is 0.313 e. The van der Waals surface area contributed by atoms with Crippen LogP contribution in [0.2, 0.25) is 10.0 Å².